The summed E-state index contributed by atoms with van der Waals surface area (Å²) in [7, 11) is 0. The van der Waals surface area contributed by atoms with Gasteiger partial charge in [-0.3, -0.25) is 0 Å². The third kappa shape index (κ3) is 3.12. The normalized spacial score (nSPS) is 28.8. The van der Waals surface area contributed by atoms with Gasteiger partial charge in [-0.2, -0.15) is 0 Å². The largest absolute Gasteiger partial charge is 0.335 e. The Kier molecular flexibility index (Phi) is 3.92. The van der Waals surface area contributed by atoms with Crippen LogP contribution in [0, 0.1) is 18.8 Å². The predicted molar refractivity (Wildman–Crippen MR) is 80.8 cm³/mol. The van der Waals surface area contributed by atoms with Crippen molar-refractivity contribution in [3.8, 4) is 0 Å². The van der Waals surface area contributed by atoms with Crippen molar-refractivity contribution in [3.63, 3.8) is 0 Å². The van der Waals surface area contributed by atoms with Crippen molar-refractivity contribution in [2.24, 2.45) is 11.8 Å². The van der Waals surface area contributed by atoms with Crippen LogP contribution in [-0.2, 0) is 0 Å². The molecule has 2 fully saturated rings. The van der Waals surface area contributed by atoms with Crippen LogP contribution in [0.5, 0.6) is 0 Å². The van der Waals surface area contributed by atoms with E-state index in [1.165, 1.54) is 6.42 Å². The van der Waals surface area contributed by atoms with Crippen LogP contribution in [0.3, 0.4) is 0 Å². The third-order valence-corrected chi connectivity index (χ3v) is 4.56. The lowest BCUT2D eigenvalue weighted by molar-refractivity contribution is 0.224. The molecule has 108 valence electrons. The first kappa shape index (κ1) is 13.4. The van der Waals surface area contributed by atoms with E-state index in [4.69, 9.17) is 0 Å². The van der Waals surface area contributed by atoms with Gasteiger partial charge in [0.1, 0.15) is 0 Å². The lowest BCUT2D eigenvalue weighted by Crippen LogP contribution is -2.42. The fourth-order valence-electron chi connectivity index (χ4n) is 3.51. The molecule has 0 aromatic heterocycles. The molecule has 1 heterocycles. The summed E-state index contributed by atoms with van der Waals surface area (Å²) in [6.07, 6.45) is 3.44. The summed E-state index contributed by atoms with van der Waals surface area (Å²) < 4.78 is 0. The zero-order valence-corrected chi connectivity index (χ0v) is 12.0. The molecule has 3 N–H and O–H groups in total. The number of carbonyl (C=O) groups is 1. The number of urea groups is 1. The molecule has 1 unspecified atom stereocenters. The van der Waals surface area contributed by atoms with E-state index in [1.807, 2.05) is 31.2 Å². The van der Waals surface area contributed by atoms with Gasteiger partial charge in [-0.15, -0.1) is 0 Å². The number of hydrogen-bond donors (Lipinski definition) is 3. The molecule has 1 aromatic rings. The molecule has 2 amide bonds. The molecule has 20 heavy (non-hydrogen) atoms. The average Bonchev–Trinajstić information content (AvgIpc) is 2.86. The van der Waals surface area contributed by atoms with Gasteiger partial charge in [0.15, 0.2) is 0 Å². The standard InChI is InChI=1S/C16H23N3O/c1-11-3-2-4-14(7-11)18-16(20)19-15-6-5-12-9-17-10-13(12)8-15/h2-4,7,12-13,15,17H,5-6,8-10H2,1H3,(H2,18,19,20)/t12-,13+,15?/m0/s1. The highest BCUT2D eigenvalue weighted by molar-refractivity contribution is 5.89. The van der Waals surface area contributed by atoms with Crippen molar-refractivity contribution in [3.05, 3.63) is 29.8 Å². The second kappa shape index (κ2) is 5.83. The van der Waals surface area contributed by atoms with E-state index in [-0.39, 0.29) is 6.03 Å². The molecule has 0 bridgehead atoms. The molecule has 1 aliphatic heterocycles. The third-order valence-electron chi connectivity index (χ3n) is 4.56. The molecule has 0 spiro atoms. The Labute approximate surface area is 120 Å². The maximum Gasteiger partial charge on any atom is 0.319 e. The Balaban J connectivity index is 1.51. The summed E-state index contributed by atoms with van der Waals surface area (Å²) in [5, 5.41) is 9.50. The van der Waals surface area contributed by atoms with Gasteiger partial charge in [0.05, 0.1) is 0 Å². The SMILES string of the molecule is Cc1cccc(NC(=O)NC2CC[C@H]3CNC[C@H]3C2)c1. The summed E-state index contributed by atoms with van der Waals surface area (Å²) in [5.41, 5.74) is 2.01. The number of aryl methyl sites for hydroxylation is 1. The van der Waals surface area contributed by atoms with Gasteiger partial charge in [0.2, 0.25) is 0 Å². The van der Waals surface area contributed by atoms with Gasteiger partial charge < -0.3 is 16.0 Å². The van der Waals surface area contributed by atoms with Crippen molar-refractivity contribution in [1.29, 1.82) is 0 Å². The van der Waals surface area contributed by atoms with Gasteiger partial charge >= 0.3 is 6.03 Å². The molecule has 1 aromatic carbocycles. The molecule has 4 nitrogen and oxygen atoms in total. The Morgan fingerprint density at radius 2 is 2.10 bits per heavy atom. The number of rotatable bonds is 2. The topological polar surface area (TPSA) is 53.2 Å². The highest BCUT2D eigenvalue weighted by Gasteiger charge is 2.34. The van der Waals surface area contributed by atoms with Crippen LogP contribution in [0.25, 0.3) is 0 Å². The van der Waals surface area contributed by atoms with E-state index in [2.05, 4.69) is 16.0 Å². The van der Waals surface area contributed by atoms with Crippen molar-refractivity contribution in [1.82, 2.24) is 10.6 Å². The fraction of sp³-hybridized carbons (Fsp3) is 0.562. The van der Waals surface area contributed by atoms with Gasteiger partial charge in [-0.25, -0.2) is 4.79 Å². The van der Waals surface area contributed by atoms with Crippen molar-refractivity contribution >= 4 is 11.7 Å². The van der Waals surface area contributed by atoms with Gasteiger partial charge in [-0.1, -0.05) is 12.1 Å². The van der Waals surface area contributed by atoms with E-state index in [9.17, 15) is 4.79 Å². The molecule has 1 aliphatic carbocycles. The molecular formula is C16H23N3O. The second-order valence-electron chi connectivity index (χ2n) is 6.16. The minimum atomic E-state index is -0.0787. The Morgan fingerprint density at radius 1 is 1.25 bits per heavy atom. The smallest absolute Gasteiger partial charge is 0.319 e. The Hall–Kier alpha value is -1.55. The van der Waals surface area contributed by atoms with E-state index >= 15 is 0 Å². The van der Waals surface area contributed by atoms with Gasteiger partial charge in [0, 0.05) is 11.7 Å². The summed E-state index contributed by atoms with van der Waals surface area (Å²) in [6, 6.07) is 8.13. The maximum atomic E-state index is 12.0. The molecule has 4 heteroatoms. The number of anilines is 1. The lowest BCUT2D eigenvalue weighted by Gasteiger charge is -2.31. The molecule has 2 aliphatic rings. The number of nitrogens with one attached hydrogen (secondary N) is 3. The van der Waals surface area contributed by atoms with E-state index in [0.717, 1.165) is 49.0 Å². The highest BCUT2D eigenvalue weighted by Crippen LogP contribution is 2.32. The Morgan fingerprint density at radius 3 is 2.95 bits per heavy atom. The molecule has 3 rings (SSSR count). The molecule has 1 saturated heterocycles. The maximum absolute atomic E-state index is 12.0. The first-order chi connectivity index (χ1) is 9.70. The van der Waals surface area contributed by atoms with Crippen molar-refractivity contribution in [2.75, 3.05) is 18.4 Å². The summed E-state index contributed by atoms with van der Waals surface area (Å²) in [5.74, 6) is 1.57. The minimum Gasteiger partial charge on any atom is -0.335 e. The lowest BCUT2D eigenvalue weighted by atomic mass is 9.79. The average molecular weight is 273 g/mol. The molecule has 1 saturated carbocycles. The number of carbonyl (C=O) groups excluding carboxylic acids is 1. The van der Waals surface area contributed by atoms with Gasteiger partial charge in [-0.05, 0) is 68.8 Å². The van der Waals surface area contributed by atoms with E-state index in [1.54, 1.807) is 0 Å². The predicted octanol–water partition coefficient (Wildman–Crippen LogP) is 2.50. The van der Waals surface area contributed by atoms with Crippen LogP contribution < -0.4 is 16.0 Å². The summed E-state index contributed by atoms with van der Waals surface area (Å²) in [4.78, 5) is 12.0. The highest BCUT2D eigenvalue weighted by atomic mass is 16.2. The molecule has 0 radical (unpaired) electrons. The fourth-order valence-corrected chi connectivity index (χ4v) is 3.51. The zero-order valence-electron chi connectivity index (χ0n) is 12.0. The number of amides is 2. The number of fused-ring (bicyclic) bond motifs is 1. The van der Waals surface area contributed by atoms with Crippen LogP contribution in [0.4, 0.5) is 10.5 Å². The van der Waals surface area contributed by atoms with Crippen LogP contribution in [0.2, 0.25) is 0 Å². The van der Waals surface area contributed by atoms with Crippen LogP contribution in [-0.4, -0.2) is 25.2 Å². The second-order valence-corrected chi connectivity index (χ2v) is 6.16. The number of benzene rings is 1. The van der Waals surface area contributed by atoms with Crippen molar-refractivity contribution < 1.29 is 4.79 Å². The first-order valence-electron chi connectivity index (χ1n) is 7.55. The first-order valence-corrected chi connectivity index (χ1v) is 7.55. The quantitative estimate of drug-likeness (QED) is 0.775. The van der Waals surface area contributed by atoms with Crippen LogP contribution in [0.15, 0.2) is 24.3 Å². The van der Waals surface area contributed by atoms with Gasteiger partial charge in [0.25, 0.3) is 0 Å². The summed E-state index contributed by atoms with van der Waals surface area (Å²) in [6.45, 7) is 4.30. The van der Waals surface area contributed by atoms with Crippen molar-refractivity contribution in [2.45, 2.75) is 32.2 Å². The molecular weight excluding hydrogens is 250 g/mol. The number of hydrogen-bond acceptors (Lipinski definition) is 2. The Bertz CT molecular complexity index is 488. The minimum absolute atomic E-state index is 0.0787. The summed E-state index contributed by atoms with van der Waals surface area (Å²) >= 11 is 0. The van der Waals surface area contributed by atoms with E-state index in [0.29, 0.717) is 6.04 Å². The van der Waals surface area contributed by atoms with Crippen LogP contribution >= 0.6 is 0 Å². The monoisotopic (exact) mass is 273 g/mol. The zero-order chi connectivity index (χ0) is 13.9. The van der Waals surface area contributed by atoms with Crippen LogP contribution in [0.1, 0.15) is 24.8 Å². The molecule has 3 atom stereocenters. The van der Waals surface area contributed by atoms with E-state index < -0.39 is 0 Å².